The molecule has 2 aromatic rings. The minimum Gasteiger partial charge on any atom is -0.467 e. The third-order valence-corrected chi connectivity index (χ3v) is 3.37. The summed E-state index contributed by atoms with van der Waals surface area (Å²) < 4.78 is 6.19. The van der Waals surface area contributed by atoms with Gasteiger partial charge in [-0.3, -0.25) is 4.79 Å². The largest absolute Gasteiger partial charge is 0.467 e. The third-order valence-electron chi connectivity index (χ3n) is 2.65. The molecule has 0 radical (unpaired) electrons. The standard InChI is InChI=1S/C15H14BrNO2/c1-11(14-7-4-10-19-14)17-15(18)9-8-12-5-2-3-6-13(12)16/h2-11H,1H3,(H,17,18)/b9-8+/t11-/m1/s1. The lowest BCUT2D eigenvalue weighted by molar-refractivity contribution is -0.117. The SMILES string of the molecule is C[C@@H](NC(=O)/C=C/c1ccccc1Br)c1ccco1. The maximum Gasteiger partial charge on any atom is 0.244 e. The molecular formula is C15H14BrNO2. The second-order valence-corrected chi connectivity index (χ2v) is 4.95. The van der Waals surface area contributed by atoms with Gasteiger partial charge in [0.05, 0.1) is 12.3 Å². The molecule has 2 rings (SSSR count). The monoisotopic (exact) mass is 319 g/mol. The Morgan fingerprint density at radius 3 is 2.79 bits per heavy atom. The number of carbonyl (C=O) groups is 1. The average Bonchev–Trinajstić information content (AvgIpc) is 2.91. The molecule has 3 nitrogen and oxygen atoms in total. The number of halogens is 1. The van der Waals surface area contributed by atoms with Gasteiger partial charge in [-0.2, -0.15) is 0 Å². The van der Waals surface area contributed by atoms with Crippen LogP contribution in [0.2, 0.25) is 0 Å². The Morgan fingerprint density at radius 2 is 2.11 bits per heavy atom. The first-order valence-corrected chi connectivity index (χ1v) is 6.72. The van der Waals surface area contributed by atoms with E-state index in [0.717, 1.165) is 15.8 Å². The van der Waals surface area contributed by atoms with Crippen LogP contribution in [0.25, 0.3) is 6.08 Å². The molecule has 0 fully saturated rings. The molecule has 4 heteroatoms. The molecule has 98 valence electrons. The van der Waals surface area contributed by atoms with Gasteiger partial charge in [0.1, 0.15) is 5.76 Å². The number of hydrogen-bond donors (Lipinski definition) is 1. The quantitative estimate of drug-likeness (QED) is 0.867. The summed E-state index contributed by atoms with van der Waals surface area (Å²) in [6, 6.07) is 11.2. The zero-order valence-electron chi connectivity index (χ0n) is 10.5. The van der Waals surface area contributed by atoms with Gasteiger partial charge in [-0.15, -0.1) is 0 Å². The van der Waals surface area contributed by atoms with Crippen molar-refractivity contribution in [1.29, 1.82) is 0 Å². The van der Waals surface area contributed by atoms with Crippen LogP contribution in [0.3, 0.4) is 0 Å². The molecule has 0 unspecified atom stereocenters. The van der Waals surface area contributed by atoms with Crippen molar-refractivity contribution in [3.05, 3.63) is 64.5 Å². The van der Waals surface area contributed by atoms with Crippen molar-refractivity contribution in [1.82, 2.24) is 5.32 Å². The predicted octanol–water partition coefficient (Wildman–Crippen LogP) is 3.93. The van der Waals surface area contributed by atoms with Crippen molar-refractivity contribution < 1.29 is 9.21 Å². The van der Waals surface area contributed by atoms with Crippen molar-refractivity contribution in [3.8, 4) is 0 Å². The van der Waals surface area contributed by atoms with E-state index in [1.54, 1.807) is 18.4 Å². The Balaban J connectivity index is 1.96. The zero-order valence-corrected chi connectivity index (χ0v) is 12.1. The van der Waals surface area contributed by atoms with E-state index in [4.69, 9.17) is 4.42 Å². The molecule has 0 saturated heterocycles. The van der Waals surface area contributed by atoms with Crippen LogP contribution >= 0.6 is 15.9 Å². The van der Waals surface area contributed by atoms with Crippen molar-refractivity contribution in [2.45, 2.75) is 13.0 Å². The van der Waals surface area contributed by atoms with Gasteiger partial charge in [0, 0.05) is 10.5 Å². The Morgan fingerprint density at radius 1 is 1.32 bits per heavy atom. The van der Waals surface area contributed by atoms with E-state index in [2.05, 4.69) is 21.2 Å². The van der Waals surface area contributed by atoms with Crippen LogP contribution in [-0.4, -0.2) is 5.91 Å². The van der Waals surface area contributed by atoms with Crippen molar-refractivity contribution >= 4 is 27.9 Å². The first-order chi connectivity index (χ1) is 9.16. The number of benzene rings is 1. The van der Waals surface area contributed by atoms with E-state index in [1.165, 1.54) is 6.08 Å². The third kappa shape index (κ3) is 3.83. The molecule has 0 aliphatic carbocycles. The maximum atomic E-state index is 11.8. The molecule has 0 aliphatic rings. The van der Waals surface area contributed by atoms with Gasteiger partial charge < -0.3 is 9.73 Å². The number of rotatable bonds is 4. The summed E-state index contributed by atoms with van der Waals surface area (Å²) in [7, 11) is 0. The van der Waals surface area contributed by atoms with E-state index in [9.17, 15) is 4.79 Å². The second kappa shape index (κ2) is 6.38. The van der Waals surface area contributed by atoms with Crippen LogP contribution in [0.4, 0.5) is 0 Å². The van der Waals surface area contributed by atoms with Crippen LogP contribution in [0, 0.1) is 0 Å². The van der Waals surface area contributed by atoms with Gasteiger partial charge in [0.2, 0.25) is 5.91 Å². The number of amides is 1. The highest BCUT2D eigenvalue weighted by atomic mass is 79.9. The summed E-state index contributed by atoms with van der Waals surface area (Å²) in [5.41, 5.74) is 0.961. The molecule has 1 heterocycles. The summed E-state index contributed by atoms with van der Waals surface area (Å²) in [4.78, 5) is 11.8. The minimum absolute atomic E-state index is 0.147. The highest BCUT2D eigenvalue weighted by Crippen LogP contribution is 2.17. The molecular weight excluding hydrogens is 306 g/mol. The molecule has 1 aromatic heterocycles. The van der Waals surface area contributed by atoms with Crippen LogP contribution < -0.4 is 5.32 Å². The Bertz CT molecular complexity index is 576. The van der Waals surface area contributed by atoms with Gasteiger partial charge >= 0.3 is 0 Å². The Labute approximate surface area is 120 Å². The minimum atomic E-state index is -0.153. The molecule has 0 saturated carbocycles. The lowest BCUT2D eigenvalue weighted by Crippen LogP contribution is -2.24. The molecule has 0 bridgehead atoms. The first-order valence-electron chi connectivity index (χ1n) is 5.93. The summed E-state index contributed by atoms with van der Waals surface area (Å²) >= 11 is 3.43. The van der Waals surface area contributed by atoms with Crippen molar-refractivity contribution in [2.24, 2.45) is 0 Å². The molecule has 0 aliphatic heterocycles. The maximum absolute atomic E-state index is 11.8. The van der Waals surface area contributed by atoms with Crippen LogP contribution in [0.5, 0.6) is 0 Å². The van der Waals surface area contributed by atoms with Gasteiger partial charge in [-0.1, -0.05) is 34.1 Å². The van der Waals surface area contributed by atoms with Crippen molar-refractivity contribution in [2.75, 3.05) is 0 Å². The van der Waals surface area contributed by atoms with Crippen LogP contribution in [-0.2, 0) is 4.79 Å². The van der Waals surface area contributed by atoms with Gasteiger partial charge in [0.25, 0.3) is 0 Å². The lowest BCUT2D eigenvalue weighted by Gasteiger charge is -2.09. The predicted molar refractivity (Wildman–Crippen MR) is 78.4 cm³/mol. The Hall–Kier alpha value is -1.81. The molecule has 19 heavy (non-hydrogen) atoms. The second-order valence-electron chi connectivity index (χ2n) is 4.10. The number of furan rings is 1. The molecule has 1 atom stereocenters. The number of hydrogen-bond acceptors (Lipinski definition) is 2. The zero-order chi connectivity index (χ0) is 13.7. The van der Waals surface area contributed by atoms with Crippen LogP contribution in [0.15, 0.2) is 57.6 Å². The van der Waals surface area contributed by atoms with E-state index in [1.807, 2.05) is 37.3 Å². The lowest BCUT2D eigenvalue weighted by atomic mass is 10.2. The van der Waals surface area contributed by atoms with E-state index in [-0.39, 0.29) is 11.9 Å². The smallest absolute Gasteiger partial charge is 0.244 e. The number of nitrogens with one attached hydrogen (secondary N) is 1. The highest BCUT2D eigenvalue weighted by molar-refractivity contribution is 9.10. The molecule has 1 amide bonds. The van der Waals surface area contributed by atoms with Crippen molar-refractivity contribution in [3.63, 3.8) is 0 Å². The fraction of sp³-hybridized carbons (Fsp3) is 0.133. The van der Waals surface area contributed by atoms with E-state index in [0.29, 0.717) is 0 Å². The summed E-state index contributed by atoms with van der Waals surface area (Å²) in [5.74, 6) is 0.585. The van der Waals surface area contributed by atoms with E-state index < -0.39 is 0 Å². The van der Waals surface area contributed by atoms with Gasteiger partial charge in [-0.25, -0.2) is 0 Å². The van der Waals surface area contributed by atoms with Gasteiger partial charge in [-0.05, 0) is 36.8 Å². The van der Waals surface area contributed by atoms with E-state index >= 15 is 0 Å². The average molecular weight is 320 g/mol. The fourth-order valence-corrected chi connectivity index (χ4v) is 2.06. The molecule has 1 N–H and O–H groups in total. The summed E-state index contributed by atoms with van der Waals surface area (Å²) in [6.07, 6.45) is 4.88. The summed E-state index contributed by atoms with van der Waals surface area (Å²) in [5, 5.41) is 2.84. The van der Waals surface area contributed by atoms with Crippen LogP contribution in [0.1, 0.15) is 24.3 Å². The summed E-state index contributed by atoms with van der Waals surface area (Å²) in [6.45, 7) is 1.88. The normalized spacial score (nSPS) is 12.5. The topological polar surface area (TPSA) is 42.2 Å². The fourth-order valence-electron chi connectivity index (χ4n) is 1.65. The highest BCUT2D eigenvalue weighted by Gasteiger charge is 2.09. The first kappa shape index (κ1) is 13.6. The Kier molecular flexibility index (Phi) is 4.58. The molecule has 1 aromatic carbocycles. The molecule has 0 spiro atoms. The number of carbonyl (C=O) groups excluding carboxylic acids is 1. The van der Waals surface area contributed by atoms with Gasteiger partial charge in [0.15, 0.2) is 0 Å².